The molecule has 1 heterocycles. The number of aliphatic hydroxyl groups is 1. The molecule has 0 bridgehead atoms. The molecule has 0 aliphatic carbocycles. The van der Waals surface area contributed by atoms with Crippen molar-refractivity contribution in [1.29, 1.82) is 0 Å². The number of benzene rings is 3. The quantitative estimate of drug-likeness (QED) is 0.387. The lowest BCUT2D eigenvalue weighted by Gasteiger charge is -2.47. The average Bonchev–Trinajstić information content (AvgIpc) is 2.93. The van der Waals surface area contributed by atoms with Crippen LogP contribution in [0.5, 0.6) is 0 Å². The van der Waals surface area contributed by atoms with E-state index in [0.717, 1.165) is 16.7 Å². The maximum Gasteiger partial charge on any atom is 0.243 e. The molecule has 36 heavy (non-hydrogen) atoms. The maximum absolute atomic E-state index is 13.7. The topological polar surface area (TPSA) is 55.8 Å². The van der Waals surface area contributed by atoms with Crippen molar-refractivity contribution in [3.05, 3.63) is 120 Å². The standard InChI is InChI=1S/C31H37N3O2/c1-3-30(35)28-20-13-21-29(31(36)32-24(2)27-18-11-6-12-19-27)34(28)33(22-25-14-7-4-8-15-25)23-26-16-9-5-10-17-26/h4-19,21,24,28-30,35H,3,20,22-23H2,1-2H3,(H,32,36)/t24?,28-,29+,30-/m0/s1. The summed E-state index contributed by atoms with van der Waals surface area (Å²) in [5.74, 6) is -0.0678. The van der Waals surface area contributed by atoms with Crippen LogP contribution in [0.15, 0.2) is 103 Å². The largest absolute Gasteiger partial charge is 0.391 e. The van der Waals surface area contributed by atoms with Crippen LogP contribution in [-0.4, -0.2) is 39.2 Å². The summed E-state index contributed by atoms with van der Waals surface area (Å²) in [6, 6.07) is 29.8. The van der Waals surface area contributed by atoms with Crippen molar-refractivity contribution in [2.75, 3.05) is 0 Å². The lowest BCUT2D eigenvalue weighted by atomic mass is 9.97. The van der Waals surface area contributed by atoms with E-state index in [2.05, 4.69) is 39.6 Å². The minimum Gasteiger partial charge on any atom is -0.391 e. The van der Waals surface area contributed by atoms with Crippen LogP contribution in [0, 0.1) is 0 Å². The summed E-state index contributed by atoms with van der Waals surface area (Å²) in [5.41, 5.74) is 3.38. The smallest absolute Gasteiger partial charge is 0.243 e. The minimum absolute atomic E-state index is 0.0678. The number of amides is 1. The van der Waals surface area contributed by atoms with Crippen molar-refractivity contribution in [3.8, 4) is 0 Å². The van der Waals surface area contributed by atoms with Crippen molar-refractivity contribution >= 4 is 5.91 Å². The summed E-state index contributed by atoms with van der Waals surface area (Å²) in [6.45, 7) is 5.27. The van der Waals surface area contributed by atoms with Gasteiger partial charge in [-0.05, 0) is 36.5 Å². The van der Waals surface area contributed by atoms with Gasteiger partial charge in [0.1, 0.15) is 6.04 Å². The van der Waals surface area contributed by atoms with E-state index in [1.54, 1.807) is 0 Å². The molecule has 0 spiro atoms. The first-order chi connectivity index (χ1) is 17.6. The highest BCUT2D eigenvalue weighted by molar-refractivity contribution is 5.84. The molecule has 0 radical (unpaired) electrons. The molecule has 3 aromatic rings. The Morgan fingerprint density at radius 3 is 2.00 bits per heavy atom. The van der Waals surface area contributed by atoms with Gasteiger partial charge in [0.2, 0.25) is 5.91 Å². The van der Waals surface area contributed by atoms with E-state index in [1.165, 1.54) is 0 Å². The molecule has 4 rings (SSSR count). The molecule has 1 amide bonds. The molecule has 0 fully saturated rings. The summed E-state index contributed by atoms with van der Waals surface area (Å²) < 4.78 is 0. The highest BCUT2D eigenvalue weighted by atomic mass is 16.3. The predicted molar refractivity (Wildman–Crippen MR) is 145 cm³/mol. The molecule has 4 atom stereocenters. The molecule has 0 saturated carbocycles. The summed E-state index contributed by atoms with van der Waals surface area (Å²) in [6.07, 6.45) is 4.78. The number of hydrogen-bond donors (Lipinski definition) is 2. The fourth-order valence-electron chi connectivity index (χ4n) is 4.88. The van der Waals surface area contributed by atoms with Gasteiger partial charge in [-0.15, -0.1) is 0 Å². The predicted octanol–water partition coefficient (Wildman–Crippen LogP) is 5.25. The molecule has 1 aliphatic rings. The van der Waals surface area contributed by atoms with E-state index in [1.807, 2.05) is 92.7 Å². The first kappa shape index (κ1) is 25.8. The van der Waals surface area contributed by atoms with Crippen LogP contribution in [0.1, 0.15) is 49.4 Å². The zero-order chi connectivity index (χ0) is 25.3. The number of hydrogen-bond acceptors (Lipinski definition) is 4. The van der Waals surface area contributed by atoms with Crippen LogP contribution in [0.2, 0.25) is 0 Å². The van der Waals surface area contributed by atoms with Crippen molar-refractivity contribution in [2.24, 2.45) is 0 Å². The molecule has 188 valence electrons. The number of nitrogens with zero attached hydrogens (tertiary/aromatic N) is 2. The molecule has 1 aliphatic heterocycles. The molecular formula is C31H37N3O2. The Morgan fingerprint density at radius 1 is 0.944 bits per heavy atom. The zero-order valence-electron chi connectivity index (χ0n) is 21.2. The Hall–Kier alpha value is -3.25. The monoisotopic (exact) mass is 483 g/mol. The highest BCUT2D eigenvalue weighted by Crippen LogP contribution is 2.27. The molecule has 0 aromatic heterocycles. The second-order valence-electron chi connectivity index (χ2n) is 9.47. The minimum atomic E-state index is -0.550. The first-order valence-corrected chi connectivity index (χ1v) is 12.9. The Kier molecular flexibility index (Phi) is 9.06. The third-order valence-electron chi connectivity index (χ3n) is 6.85. The van der Waals surface area contributed by atoms with Gasteiger partial charge in [-0.2, -0.15) is 0 Å². The molecule has 3 aromatic carbocycles. The van der Waals surface area contributed by atoms with Crippen LogP contribution >= 0.6 is 0 Å². The van der Waals surface area contributed by atoms with Crippen LogP contribution in [0.3, 0.4) is 0 Å². The van der Waals surface area contributed by atoms with Crippen molar-refractivity contribution < 1.29 is 9.90 Å². The maximum atomic E-state index is 13.7. The number of nitrogens with one attached hydrogen (secondary N) is 1. The number of rotatable bonds is 10. The molecule has 5 nitrogen and oxygen atoms in total. The lowest BCUT2D eigenvalue weighted by Crippen LogP contribution is -2.61. The summed E-state index contributed by atoms with van der Waals surface area (Å²) in [7, 11) is 0. The Labute approximate surface area is 215 Å². The third kappa shape index (κ3) is 6.49. The van der Waals surface area contributed by atoms with Crippen LogP contribution < -0.4 is 5.32 Å². The van der Waals surface area contributed by atoms with Gasteiger partial charge >= 0.3 is 0 Å². The van der Waals surface area contributed by atoms with E-state index in [-0.39, 0.29) is 18.0 Å². The van der Waals surface area contributed by atoms with Gasteiger partial charge in [0.05, 0.1) is 18.2 Å². The van der Waals surface area contributed by atoms with Crippen LogP contribution in [0.25, 0.3) is 0 Å². The molecule has 5 heteroatoms. The van der Waals surface area contributed by atoms with Gasteiger partial charge in [-0.3, -0.25) is 4.79 Å². The van der Waals surface area contributed by atoms with Crippen LogP contribution in [0.4, 0.5) is 0 Å². The molecule has 2 N–H and O–H groups in total. The summed E-state index contributed by atoms with van der Waals surface area (Å²) in [5, 5.41) is 18.6. The van der Waals surface area contributed by atoms with E-state index in [9.17, 15) is 9.90 Å². The van der Waals surface area contributed by atoms with E-state index >= 15 is 0 Å². The van der Waals surface area contributed by atoms with Gasteiger partial charge in [0.15, 0.2) is 0 Å². The molecule has 0 saturated heterocycles. The highest BCUT2D eigenvalue weighted by Gasteiger charge is 2.39. The fraction of sp³-hybridized carbons (Fsp3) is 0.323. The van der Waals surface area contributed by atoms with E-state index in [0.29, 0.717) is 25.9 Å². The Morgan fingerprint density at radius 2 is 1.47 bits per heavy atom. The number of hydrazine groups is 1. The normalized spacial score (nSPS) is 19.7. The summed E-state index contributed by atoms with van der Waals surface area (Å²) in [4.78, 5) is 13.7. The van der Waals surface area contributed by atoms with Crippen molar-refractivity contribution in [2.45, 2.75) is 64.0 Å². The van der Waals surface area contributed by atoms with E-state index < -0.39 is 12.1 Å². The lowest BCUT2D eigenvalue weighted by molar-refractivity contribution is -0.154. The van der Waals surface area contributed by atoms with E-state index in [4.69, 9.17) is 0 Å². The van der Waals surface area contributed by atoms with Gasteiger partial charge in [0.25, 0.3) is 0 Å². The van der Waals surface area contributed by atoms with Gasteiger partial charge < -0.3 is 10.4 Å². The van der Waals surface area contributed by atoms with Gasteiger partial charge in [0, 0.05) is 13.1 Å². The third-order valence-corrected chi connectivity index (χ3v) is 6.85. The van der Waals surface area contributed by atoms with Gasteiger partial charge in [-0.1, -0.05) is 110 Å². The second kappa shape index (κ2) is 12.6. The van der Waals surface area contributed by atoms with Crippen molar-refractivity contribution in [3.63, 3.8) is 0 Å². The fourth-order valence-corrected chi connectivity index (χ4v) is 4.88. The zero-order valence-corrected chi connectivity index (χ0v) is 21.2. The SMILES string of the molecule is CC[C@H](O)[C@@H]1CC=C[C@H](C(=O)NC(C)c2ccccc2)N1N(Cc1ccccc1)Cc1ccccc1. The van der Waals surface area contributed by atoms with Crippen LogP contribution in [-0.2, 0) is 17.9 Å². The van der Waals surface area contributed by atoms with Crippen molar-refractivity contribution in [1.82, 2.24) is 15.3 Å². The average molecular weight is 484 g/mol. The molecular weight excluding hydrogens is 446 g/mol. The Bertz CT molecular complexity index is 1060. The second-order valence-corrected chi connectivity index (χ2v) is 9.47. The number of carbonyl (C=O) groups excluding carboxylic acids is 1. The molecule has 1 unspecified atom stereocenters. The first-order valence-electron chi connectivity index (χ1n) is 12.9. The number of carbonyl (C=O) groups is 1. The number of aliphatic hydroxyl groups excluding tert-OH is 1. The Balaban J connectivity index is 1.67. The van der Waals surface area contributed by atoms with Gasteiger partial charge in [-0.25, -0.2) is 10.0 Å². The summed E-state index contributed by atoms with van der Waals surface area (Å²) >= 11 is 0.